The monoisotopic (exact) mass is 446 g/mol. The highest BCUT2D eigenvalue weighted by Gasteiger charge is 2.19. The number of aliphatic imine (C=N–C) groups is 1. The van der Waals surface area contributed by atoms with Gasteiger partial charge in [0.2, 0.25) is 10.0 Å². The summed E-state index contributed by atoms with van der Waals surface area (Å²) in [5, 5.41) is 8.38. The molecular formula is C24H22N4O3S. The molecule has 162 valence electrons. The number of aromatic amines is 1. The minimum Gasteiger partial charge on any atom is -0.290 e. The molecule has 0 aliphatic rings. The van der Waals surface area contributed by atoms with E-state index in [1.54, 1.807) is 19.1 Å². The van der Waals surface area contributed by atoms with E-state index in [0.717, 1.165) is 16.8 Å². The van der Waals surface area contributed by atoms with Gasteiger partial charge in [-0.15, -0.1) is 0 Å². The molecule has 0 amide bonds. The van der Waals surface area contributed by atoms with Gasteiger partial charge in [0.15, 0.2) is 0 Å². The molecule has 0 aliphatic carbocycles. The van der Waals surface area contributed by atoms with E-state index in [4.69, 9.17) is 5.14 Å². The van der Waals surface area contributed by atoms with Crippen LogP contribution in [0.25, 0.3) is 16.9 Å². The van der Waals surface area contributed by atoms with Gasteiger partial charge in [0.1, 0.15) is 0 Å². The van der Waals surface area contributed by atoms with Crippen LogP contribution in [0.2, 0.25) is 0 Å². The maximum absolute atomic E-state index is 13.3. The summed E-state index contributed by atoms with van der Waals surface area (Å²) in [6.07, 6.45) is 0. The predicted octanol–water partition coefficient (Wildman–Crippen LogP) is 3.49. The van der Waals surface area contributed by atoms with Gasteiger partial charge < -0.3 is 0 Å². The lowest BCUT2D eigenvalue weighted by Gasteiger charge is -2.04. The zero-order valence-corrected chi connectivity index (χ0v) is 18.2. The van der Waals surface area contributed by atoms with Crippen LogP contribution < -0.4 is 10.7 Å². The van der Waals surface area contributed by atoms with E-state index in [1.165, 1.54) is 16.8 Å². The Hall–Kier alpha value is -3.75. The molecule has 1 heterocycles. The maximum atomic E-state index is 13.3. The number of para-hydroxylation sites is 1. The lowest BCUT2D eigenvalue weighted by molar-refractivity contribution is 0.598. The Morgan fingerprint density at radius 1 is 0.938 bits per heavy atom. The normalized spacial score (nSPS) is 12.1. The molecule has 0 unspecified atom stereocenters. The van der Waals surface area contributed by atoms with Gasteiger partial charge in [0, 0.05) is 11.3 Å². The van der Waals surface area contributed by atoms with Crippen molar-refractivity contribution in [3.63, 3.8) is 0 Å². The lowest BCUT2D eigenvalue weighted by atomic mass is 10.1. The number of nitrogens with one attached hydrogen (secondary N) is 1. The van der Waals surface area contributed by atoms with E-state index >= 15 is 0 Å². The summed E-state index contributed by atoms with van der Waals surface area (Å²) in [5.41, 5.74) is 3.97. The van der Waals surface area contributed by atoms with Gasteiger partial charge in [-0.1, -0.05) is 60.7 Å². The fourth-order valence-corrected chi connectivity index (χ4v) is 3.93. The summed E-state index contributed by atoms with van der Waals surface area (Å²) in [5.74, 6) is 0. The zero-order chi connectivity index (χ0) is 22.7. The average Bonchev–Trinajstić information content (AvgIpc) is 3.15. The number of benzene rings is 3. The third kappa shape index (κ3) is 4.46. The van der Waals surface area contributed by atoms with Crippen molar-refractivity contribution in [1.82, 2.24) is 9.78 Å². The van der Waals surface area contributed by atoms with E-state index in [2.05, 4.69) is 10.1 Å². The molecular weight excluding hydrogens is 424 g/mol. The number of sulfonamides is 1. The van der Waals surface area contributed by atoms with Crippen LogP contribution in [0.5, 0.6) is 0 Å². The molecule has 32 heavy (non-hydrogen) atoms. The Bertz CT molecular complexity index is 1420. The quantitative estimate of drug-likeness (QED) is 0.442. The van der Waals surface area contributed by atoms with Crippen LogP contribution in [0.1, 0.15) is 18.1 Å². The highest BCUT2D eigenvalue weighted by Crippen LogP contribution is 2.22. The van der Waals surface area contributed by atoms with Crippen LogP contribution in [0.4, 0.5) is 0 Å². The lowest BCUT2D eigenvalue weighted by Crippen LogP contribution is -2.19. The number of nitrogens with zero attached hydrogens (tertiary/aromatic N) is 2. The Balaban J connectivity index is 1.74. The van der Waals surface area contributed by atoms with Gasteiger partial charge in [0.25, 0.3) is 5.56 Å². The molecule has 0 saturated carbocycles. The molecule has 0 radical (unpaired) electrons. The third-order valence-electron chi connectivity index (χ3n) is 5.08. The number of H-pyrrole nitrogens is 1. The summed E-state index contributed by atoms with van der Waals surface area (Å²) in [6.45, 7) is 2.09. The van der Waals surface area contributed by atoms with Crippen molar-refractivity contribution < 1.29 is 8.42 Å². The molecule has 4 rings (SSSR count). The summed E-state index contributed by atoms with van der Waals surface area (Å²) in [4.78, 5) is 18.0. The smallest absolute Gasteiger partial charge is 0.280 e. The summed E-state index contributed by atoms with van der Waals surface area (Å²) in [6, 6.07) is 25.2. The van der Waals surface area contributed by atoms with Crippen molar-refractivity contribution >= 4 is 15.7 Å². The number of hydrogen-bond acceptors (Lipinski definition) is 4. The summed E-state index contributed by atoms with van der Waals surface area (Å²) >= 11 is 0. The van der Waals surface area contributed by atoms with Crippen LogP contribution in [0.3, 0.4) is 0 Å². The minimum absolute atomic E-state index is 0.0460. The fourth-order valence-electron chi connectivity index (χ4n) is 3.42. The van der Waals surface area contributed by atoms with Crippen molar-refractivity contribution in [3.05, 3.63) is 106 Å². The van der Waals surface area contributed by atoms with Crippen LogP contribution in [-0.2, 0) is 16.6 Å². The Morgan fingerprint density at radius 3 is 2.12 bits per heavy atom. The van der Waals surface area contributed by atoms with Crippen LogP contribution in [-0.4, -0.2) is 23.9 Å². The first-order chi connectivity index (χ1) is 15.3. The largest absolute Gasteiger partial charge is 0.290 e. The Morgan fingerprint density at radius 2 is 1.53 bits per heavy atom. The van der Waals surface area contributed by atoms with Crippen LogP contribution in [0, 0.1) is 0 Å². The van der Waals surface area contributed by atoms with Crippen molar-refractivity contribution in [2.45, 2.75) is 18.4 Å². The number of hydrogen-bond donors (Lipinski definition) is 2. The molecule has 0 atom stereocenters. The van der Waals surface area contributed by atoms with Gasteiger partial charge in [0.05, 0.1) is 28.4 Å². The maximum Gasteiger partial charge on any atom is 0.280 e. The van der Waals surface area contributed by atoms with E-state index in [0.29, 0.717) is 23.5 Å². The fraction of sp³-hybridized carbons (Fsp3) is 0.0833. The molecule has 8 heteroatoms. The molecule has 0 saturated heterocycles. The predicted molar refractivity (Wildman–Crippen MR) is 126 cm³/mol. The van der Waals surface area contributed by atoms with E-state index in [9.17, 15) is 13.2 Å². The van der Waals surface area contributed by atoms with E-state index < -0.39 is 10.0 Å². The molecule has 0 aliphatic heterocycles. The average molecular weight is 447 g/mol. The second kappa shape index (κ2) is 8.78. The summed E-state index contributed by atoms with van der Waals surface area (Å²) < 4.78 is 24.4. The van der Waals surface area contributed by atoms with Crippen LogP contribution >= 0.6 is 0 Å². The first-order valence-electron chi connectivity index (χ1n) is 9.93. The van der Waals surface area contributed by atoms with Crippen molar-refractivity contribution in [2.24, 2.45) is 10.1 Å². The Labute approximate surface area is 185 Å². The second-order valence-corrected chi connectivity index (χ2v) is 8.86. The highest BCUT2D eigenvalue weighted by atomic mass is 32.2. The van der Waals surface area contributed by atoms with Crippen LogP contribution in [0.15, 0.2) is 99.6 Å². The van der Waals surface area contributed by atoms with Gasteiger partial charge in [-0.25, -0.2) is 18.2 Å². The van der Waals surface area contributed by atoms with E-state index in [1.807, 2.05) is 60.7 Å². The number of primary sulfonamides is 1. The first-order valence-corrected chi connectivity index (χ1v) is 11.5. The molecule has 0 spiro atoms. The molecule has 3 N–H and O–H groups in total. The molecule has 4 aromatic rings. The molecule has 3 aromatic carbocycles. The molecule has 7 nitrogen and oxygen atoms in total. The standard InChI is InChI=1S/C24H22N4O3S/c1-17(26-16-18-12-14-21(15-13-18)32(25,30)31)22-23(19-8-4-2-5-9-19)27-28(24(22)29)20-10-6-3-7-11-20/h2-15,27H,16H2,1H3,(H2,25,30,31). The van der Waals surface area contributed by atoms with Crippen molar-refractivity contribution in [2.75, 3.05) is 0 Å². The number of rotatable bonds is 6. The number of nitrogens with two attached hydrogens (primary N) is 1. The number of aromatic nitrogens is 2. The zero-order valence-electron chi connectivity index (χ0n) is 17.4. The molecule has 0 bridgehead atoms. The van der Waals surface area contributed by atoms with Gasteiger partial charge in [-0.3, -0.25) is 14.9 Å². The topological polar surface area (TPSA) is 110 Å². The van der Waals surface area contributed by atoms with Gasteiger partial charge in [-0.2, -0.15) is 0 Å². The van der Waals surface area contributed by atoms with Crippen molar-refractivity contribution in [3.8, 4) is 16.9 Å². The third-order valence-corrected chi connectivity index (χ3v) is 6.01. The van der Waals surface area contributed by atoms with Gasteiger partial charge >= 0.3 is 0 Å². The minimum atomic E-state index is -3.74. The Kier molecular flexibility index (Phi) is 5.89. The molecule has 1 aromatic heterocycles. The van der Waals surface area contributed by atoms with Crippen molar-refractivity contribution in [1.29, 1.82) is 0 Å². The van der Waals surface area contributed by atoms with Gasteiger partial charge in [-0.05, 0) is 36.8 Å². The summed E-state index contributed by atoms with van der Waals surface area (Å²) in [7, 11) is -3.74. The first kappa shape index (κ1) is 21.5. The molecule has 0 fully saturated rings. The SMILES string of the molecule is CC(=NCc1ccc(S(N)(=O)=O)cc1)c1c(-c2ccccc2)[nH]n(-c2ccccc2)c1=O. The highest BCUT2D eigenvalue weighted by molar-refractivity contribution is 7.89. The van der Waals surface area contributed by atoms with E-state index in [-0.39, 0.29) is 10.5 Å². The second-order valence-electron chi connectivity index (χ2n) is 7.29.